The van der Waals surface area contributed by atoms with Gasteiger partial charge in [-0.25, -0.2) is 0 Å². The van der Waals surface area contributed by atoms with Crippen LogP contribution in [-0.2, 0) is 6.42 Å². The number of rotatable bonds is 4. The molecule has 0 saturated carbocycles. The predicted octanol–water partition coefficient (Wildman–Crippen LogP) is 5.11. The molecular weight excluding hydrogens is 260 g/mol. The van der Waals surface area contributed by atoms with Gasteiger partial charge in [-0.1, -0.05) is 44.2 Å². The molecule has 0 saturated heterocycles. The van der Waals surface area contributed by atoms with E-state index < -0.39 is 0 Å². The van der Waals surface area contributed by atoms with Crippen molar-refractivity contribution in [3.8, 4) is 11.3 Å². The molecule has 0 atom stereocenters. The van der Waals surface area contributed by atoms with Gasteiger partial charge in [-0.2, -0.15) is 0 Å². The number of carbonyl (C=O) groups is 1. The van der Waals surface area contributed by atoms with E-state index in [9.17, 15) is 4.79 Å². The van der Waals surface area contributed by atoms with E-state index in [1.165, 1.54) is 5.56 Å². The Bertz CT molecular complexity index is 764. The molecule has 0 spiro atoms. The lowest BCUT2D eigenvalue weighted by Gasteiger charge is -2.03. The van der Waals surface area contributed by atoms with E-state index in [1.807, 2.05) is 18.2 Å². The number of benzene rings is 2. The molecule has 106 valence electrons. The molecule has 2 heteroatoms. The molecule has 0 radical (unpaired) electrons. The fraction of sp³-hybridized carbons (Fsp3) is 0.211. The van der Waals surface area contributed by atoms with Crippen molar-refractivity contribution < 1.29 is 9.21 Å². The van der Waals surface area contributed by atoms with Gasteiger partial charge in [0.25, 0.3) is 0 Å². The average molecular weight is 278 g/mol. The lowest BCUT2D eigenvalue weighted by Crippen LogP contribution is -1.92. The lowest BCUT2D eigenvalue weighted by molar-refractivity contribution is 0.112. The maximum atomic E-state index is 10.7. The van der Waals surface area contributed by atoms with Crippen molar-refractivity contribution in [3.05, 3.63) is 59.7 Å². The Hall–Kier alpha value is -2.35. The molecule has 3 rings (SSSR count). The zero-order chi connectivity index (χ0) is 14.8. The third-order valence-corrected chi connectivity index (χ3v) is 3.56. The number of furan rings is 1. The van der Waals surface area contributed by atoms with Gasteiger partial charge < -0.3 is 4.42 Å². The number of aldehydes is 1. The van der Waals surface area contributed by atoms with Crippen LogP contribution in [0.4, 0.5) is 0 Å². The lowest BCUT2D eigenvalue weighted by atomic mass is 10.0. The molecule has 2 nitrogen and oxygen atoms in total. The van der Waals surface area contributed by atoms with Gasteiger partial charge in [-0.15, -0.1) is 0 Å². The Balaban J connectivity index is 1.97. The first kappa shape index (κ1) is 13.6. The van der Waals surface area contributed by atoms with E-state index in [1.54, 1.807) is 12.1 Å². The molecule has 0 N–H and O–H groups in total. The standard InChI is InChI=1S/C19H18O2/c1-13(2)9-15-5-8-18-17(10-15)11-19(21-18)16-6-3-14(12-20)4-7-16/h3-8,10-13H,9H2,1-2H3. The summed E-state index contributed by atoms with van der Waals surface area (Å²) >= 11 is 0. The highest BCUT2D eigenvalue weighted by molar-refractivity contribution is 5.84. The molecule has 0 amide bonds. The maximum Gasteiger partial charge on any atom is 0.150 e. The van der Waals surface area contributed by atoms with Gasteiger partial charge in [0.05, 0.1) is 0 Å². The molecule has 0 unspecified atom stereocenters. The van der Waals surface area contributed by atoms with Gasteiger partial charge in [0, 0.05) is 16.5 Å². The average Bonchev–Trinajstić information content (AvgIpc) is 2.90. The molecule has 0 aliphatic carbocycles. The van der Waals surface area contributed by atoms with Crippen molar-refractivity contribution in [2.75, 3.05) is 0 Å². The molecule has 3 aromatic rings. The van der Waals surface area contributed by atoms with Crippen LogP contribution in [0.3, 0.4) is 0 Å². The van der Waals surface area contributed by atoms with Gasteiger partial charge in [-0.3, -0.25) is 4.79 Å². The molecular formula is C19H18O2. The molecule has 2 aromatic carbocycles. The van der Waals surface area contributed by atoms with Crippen LogP contribution in [-0.4, -0.2) is 6.29 Å². The highest BCUT2D eigenvalue weighted by Gasteiger charge is 2.07. The van der Waals surface area contributed by atoms with Crippen molar-refractivity contribution in [2.24, 2.45) is 5.92 Å². The fourth-order valence-corrected chi connectivity index (χ4v) is 2.56. The molecule has 0 fully saturated rings. The molecule has 1 heterocycles. The summed E-state index contributed by atoms with van der Waals surface area (Å²) in [4.78, 5) is 10.7. The largest absolute Gasteiger partial charge is 0.456 e. The predicted molar refractivity (Wildman–Crippen MR) is 85.6 cm³/mol. The molecule has 0 bridgehead atoms. The normalized spacial score (nSPS) is 11.2. The second-order valence-corrected chi connectivity index (χ2v) is 5.82. The Morgan fingerprint density at radius 2 is 1.81 bits per heavy atom. The van der Waals surface area contributed by atoms with E-state index in [4.69, 9.17) is 4.42 Å². The second-order valence-electron chi connectivity index (χ2n) is 5.82. The summed E-state index contributed by atoms with van der Waals surface area (Å²) in [6.45, 7) is 4.44. The van der Waals surface area contributed by atoms with E-state index >= 15 is 0 Å². The minimum Gasteiger partial charge on any atom is -0.456 e. The van der Waals surface area contributed by atoms with Crippen molar-refractivity contribution in [1.82, 2.24) is 0 Å². The van der Waals surface area contributed by atoms with Gasteiger partial charge >= 0.3 is 0 Å². The van der Waals surface area contributed by atoms with E-state index in [0.717, 1.165) is 35.0 Å². The second kappa shape index (κ2) is 5.57. The maximum absolute atomic E-state index is 10.7. The van der Waals surface area contributed by atoms with Crippen LogP contribution in [0.2, 0.25) is 0 Å². The summed E-state index contributed by atoms with van der Waals surface area (Å²) in [5, 5.41) is 1.13. The van der Waals surface area contributed by atoms with Gasteiger partial charge in [0.1, 0.15) is 17.6 Å². The van der Waals surface area contributed by atoms with Crippen molar-refractivity contribution in [3.63, 3.8) is 0 Å². The topological polar surface area (TPSA) is 30.2 Å². The third-order valence-electron chi connectivity index (χ3n) is 3.56. The van der Waals surface area contributed by atoms with Crippen LogP contribution >= 0.6 is 0 Å². The van der Waals surface area contributed by atoms with E-state index in [2.05, 4.69) is 32.0 Å². The van der Waals surface area contributed by atoms with Crippen LogP contribution in [0.15, 0.2) is 52.9 Å². The summed E-state index contributed by atoms with van der Waals surface area (Å²) in [5.74, 6) is 1.48. The van der Waals surface area contributed by atoms with Crippen LogP contribution in [0.25, 0.3) is 22.3 Å². The summed E-state index contributed by atoms with van der Waals surface area (Å²) in [7, 11) is 0. The Labute approximate surface area is 124 Å². The molecule has 1 aromatic heterocycles. The zero-order valence-electron chi connectivity index (χ0n) is 12.3. The number of fused-ring (bicyclic) bond motifs is 1. The Kier molecular flexibility index (Phi) is 3.61. The highest BCUT2D eigenvalue weighted by atomic mass is 16.3. The van der Waals surface area contributed by atoms with Crippen molar-refractivity contribution in [1.29, 1.82) is 0 Å². The first-order valence-corrected chi connectivity index (χ1v) is 7.24. The quantitative estimate of drug-likeness (QED) is 0.621. The van der Waals surface area contributed by atoms with Gasteiger partial charge in [-0.05, 0) is 36.1 Å². The molecule has 0 aliphatic heterocycles. The smallest absolute Gasteiger partial charge is 0.150 e. The number of hydrogen-bond acceptors (Lipinski definition) is 2. The monoisotopic (exact) mass is 278 g/mol. The first-order valence-electron chi connectivity index (χ1n) is 7.24. The minimum absolute atomic E-state index is 0.643. The Morgan fingerprint density at radius 3 is 2.48 bits per heavy atom. The number of hydrogen-bond donors (Lipinski definition) is 0. The third kappa shape index (κ3) is 2.89. The summed E-state index contributed by atoms with van der Waals surface area (Å²) in [6, 6.07) is 15.9. The van der Waals surface area contributed by atoms with Crippen molar-refractivity contribution in [2.45, 2.75) is 20.3 Å². The number of carbonyl (C=O) groups excluding carboxylic acids is 1. The molecule has 21 heavy (non-hydrogen) atoms. The van der Waals surface area contributed by atoms with Crippen molar-refractivity contribution >= 4 is 17.3 Å². The zero-order valence-corrected chi connectivity index (χ0v) is 12.3. The minimum atomic E-state index is 0.643. The first-order chi connectivity index (χ1) is 10.2. The summed E-state index contributed by atoms with van der Waals surface area (Å²) < 4.78 is 5.90. The van der Waals surface area contributed by atoms with Crippen LogP contribution in [0.5, 0.6) is 0 Å². The molecule has 0 aliphatic rings. The summed E-state index contributed by atoms with van der Waals surface area (Å²) in [5.41, 5.74) is 3.90. The SMILES string of the molecule is CC(C)Cc1ccc2oc(-c3ccc(C=O)cc3)cc2c1. The van der Waals surface area contributed by atoms with E-state index in [0.29, 0.717) is 11.5 Å². The van der Waals surface area contributed by atoms with Gasteiger partial charge in [0.2, 0.25) is 0 Å². The van der Waals surface area contributed by atoms with Crippen LogP contribution in [0, 0.1) is 5.92 Å². The van der Waals surface area contributed by atoms with Gasteiger partial charge in [0.15, 0.2) is 0 Å². The Morgan fingerprint density at radius 1 is 1.05 bits per heavy atom. The van der Waals surface area contributed by atoms with E-state index in [-0.39, 0.29) is 0 Å². The fourth-order valence-electron chi connectivity index (χ4n) is 2.56. The summed E-state index contributed by atoms with van der Waals surface area (Å²) in [6.07, 6.45) is 1.92. The highest BCUT2D eigenvalue weighted by Crippen LogP contribution is 2.29. The van der Waals surface area contributed by atoms with Crippen LogP contribution in [0.1, 0.15) is 29.8 Å². The van der Waals surface area contributed by atoms with Crippen LogP contribution < -0.4 is 0 Å².